The molecule has 0 N–H and O–H groups in total. The van der Waals surface area contributed by atoms with Crippen LogP contribution in [0.2, 0.25) is 0 Å². The first-order chi connectivity index (χ1) is 9.47. The highest BCUT2D eigenvalue weighted by Gasteiger charge is 2.31. The van der Waals surface area contributed by atoms with Gasteiger partial charge in [-0.2, -0.15) is 13.2 Å². The van der Waals surface area contributed by atoms with Crippen molar-refractivity contribution in [2.24, 2.45) is 0 Å². The summed E-state index contributed by atoms with van der Waals surface area (Å²) >= 11 is 0. The molecule has 3 aromatic rings. The maximum atomic E-state index is 12.7. The molecule has 102 valence electrons. The van der Waals surface area contributed by atoms with Crippen molar-refractivity contribution in [3.8, 4) is 5.69 Å². The fourth-order valence-corrected chi connectivity index (χ4v) is 2.28. The number of imidazole rings is 1. The van der Waals surface area contributed by atoms with E-state index in [-0.39, 0.29) is 0 Å². The van der Waals surface area contributed by atoms with E-state index in [1.807, 2.05) is 34.9 Å². The van der Waals surface area contributed by atoms with E-state index in [4.69, 9.17) is 0 Å². The summed E-state index contributed by atoms with van der Waals surface area (Å²) in [7, 11) is 0. The summed E-state index contributed by atoms with van der Waals surface area (Å²) in [5.74, 6) is 0.658. The van der Waals surface area contributed by atoms with Crippen molar-refractivity contribution in [2.45, 2.75) is 13.1 Å². The molecular weight excluding hydrogens is 265 g/mol. The molecule has 0 aliphatic rings. The van der Waals surface area contributed by atoms with Crippen LogP contribution in [-0.2, 0) is 6.18 Å². The fraction of sp³-hybridized carbons (Fsp3) is 0.133. The minimum Gasteiger partial charge on any atom is -0.297 e. The van der Waals surface area contributed by atoms with Crippen molar-refractivity contribution in [1.82, 2.24) is 9.55 Å². The van der Waals surface area contributed by atoms with Crippen molar-refractivity contribution in [2.75, 3.05) is 0 Å². The zero-order valence-corrected chi connectivity index (χ0v) is 10.6. The Morgan fingerprint density at radius 3 is 2.35 bits per heavy atom. The summed E-state index contributed by atoms with van der Waals surface area (Å²) in [4.78, 5) is 4.23. The minimum absolute atomic E-state index is 0.348. The van der Waals surface area contributed by atoms with Crippen LogP contribution < -0.4 is 0 Å². The van der Waals surface area contributed by atoms with Crippen LogP contribution in [0.1, 0.15) is 11.4 Å². The van der Waals surface area contributed by atoms with Crippen molar-refractivity contribution < 1.29 is 13.2 Å². The lowest BCUT2D eigenvalue weighted by Crippen LogP contribution is -2.04. The molecule has 0 aliphatic carbocycles. The molecule has 20 heavy (non-hydrogen) atoms. The first-order valence-corrected chi connectivity index (χ1v) is 6.08. The van der Waals surface area contributed by atoms with E-state index in [1.54, 1.807) is 6.92 Å². The van der Waals surface area contributed by atoms with E-state index in [0.717, 1.165) is 17.8 Å². The first kappa shape index (κ1) is 12.7. The molecule has 3 rings (SSSR count). The third kappa shape index (κ3) is 2.05. The molecule has 1 aromatic heterocycles. The Kier molecular flexibility index (Phi) is 2.78. The largest absolute Gasteiger partial charge is 0.416 e. The van der Waals surface area contributed by atoms with Gasteiger partial charge in [0, 0.05) is 5.69 Å². The monoisotopic (exact) mass is 276 g/mol. The lowest BCUT2D eigenvalue weighted by atomic mass is 10.2. The number of rotatable bonds is 1. The third-order valence-electron chi connectivity index (χ3n) is 3.16. The average Bonchev–Trinajstić information content (AvgIpc) is 2.73. The topological polar surface area (TPSA) is 17.8 Å². The van der Waals surface area contributed by atoms with Crippen LogP contribution >= 0.6 is 0 Å². The Hall–Kier alpha value is -2.30. The normalized spacial score (nSPS) is 12.0. The Bertz CT molecular complexity index is 758. The van der Waals surface area contributed by atoms with E-state index in [2.05, 4.69) is 4.98 Å². The zero-order chi connectivity index (χ0) is 14.3. The van der Waals surface area contributed by atoms with Crippen LogP contribution in [0, 0.1) is 6.92 Å². The van der Waals surface area contributed by atoms with E-state index in [1.165, 1.54) is 6.07 Å². The highest BCUT2D eigenvalue weighted by Crippen LogP contribution is 2.32. The number of aryl methyl sites for hydroxylation is 1. The predicted octanol–water partition coefficient (Wildman–Crippen LogP) is 4.35. The maximum absolute atomic E-state index is 12.7. The van der Waals surface area contributed by atoms with Gasteiger partial charge in [-0.3, -0.25) is 4.57 Å². The van der Waals surface area contributed by atoms with Crippen LogP contribution in [0.4, 0.5) is 13.2 Å². The summed E-state index contributed by atoms with van der Waals surface area (Å²) in [6.07, 6.45) is -4.35. The molecule has 0 aliphatic heterocycles. The van der Waals surface area contributed by atoms with E-state index < -0.39 is 11.7 Å². The third-order valence-corrected chi connectivity index (χ3v) is 3.16. The zero-order valence-electron chi connectivity index (χ0n) is 10.6. The SMILES string of the molecule is Cc1nc2cc(C(F)(F)F)ccc2n1-c1ccccc1. The van der Waals surface area contributed by atoms with Gasteiger partial charge in [-0.15, -0.1) is 0 Å². The molecule has 2 nitrogen and oxygen atoms in total. The molecule has 0 saturated carbocycles. The Labute approximate surface area is 113 Å². The Morgan fingerprint density at radius 1 is 1.00 bits per heavy atom. The molecule has 0 atom stereocenters. The molecular formula is C15H11F3N2. The second-order valence-corrected chi connectivity index (χ2v) is 4.53. The number of nitrogens with zero attached hydrogens (tertiary/aromatic N) is 2. The van der Waals surface area contributed by atoms with Gasteiger partial charge >= 0.3 is 6.18 Å². The second kappa shape index (κ2) is 4.37. The smallest absolute Gasteiger partial charge is 0.297 e. The van der Waals surface area contributed by atoms with Gasteiger partial charge in [0.05, 0.1) is 16.6 Å². The number of benzene rings is 2. The summed E-state index contributed by atoms with van der Waals surface area (Å²) in [6, 6.07) is 13.1. The maximum Gasteiger partial charge on any atom is 0.416 e. The number of fused-ring (bicyclic) bond motifs is 1. The standard InChI is InChI=1S/C15H11F3N2/c1-10-19-13-9-11(15(16,17)18)7-8-14(13)20(10)12-5-3-2-4-6-12/h2-9H,1H3. The number of hydrogen-bond acceptors (Lipinski definition) is 1. The Morgan fingerprint density at radius 2 is 1.70 bits per heavy atom. The number of aromatic nitrogens is 2. The van der Waals surface area contributed by atoms with Gasteiger partial charge < -0.3 is 0 Å². The van der Waals surface area contributed by atoms with Gasteiger partial charge in [-0.1, -0.05) is 18.2 Å². The number of halogens is 3. The van der Waals surface area contributed by atoms with Gasteiger partial charge in [0.2, 0.25) is 0 Å². The van der Waals surface area contributed by atoms with Crippen LogP contribution in [-0.4, -0.2) is 9.55 Å². The predicted molar refractivity (Wildman–Crippen MR) is 70.8 cm³/mol. The lowest BCUT2D eigenvalue weighted by Gasteiger charge is -2.08. The van der Waals surface area contributed by atoms with Gasteiger partial charge in [0.15, 0.2) is 0 Å². The molecule has 0 saturated heterocycles. The quantitative estimate of drug-likeness (QED) is 0.646. The molecule has 2 aromatic carbocycles. The van der Waals surface area contributed by atoms with Crippen LogP contribution in [0.3, 0.4) is 0 Å². The van der Waals surface area contributed by atoms with Crippen molar-refractivity contribution in [1.29, 1.82) is 0 Å². The highest BCUT2D eigenvalue weighted by atomic mass is 19.4. The van der Waals surface area contributed by atoms with E-state index >= 15 is 0 Å². The Balaban J connectivity index is 2.23. The molecule has 0 unspecified atom stereocenters. The molecule has 0 bridgehead atoms. The summed E-state index contributed by atoms with van der Waals surface area (Å²) in [6.45, 7) is 1.78. The van der Waals surface area contributed by atoms with Crippen LogP contribution in [0.5, 0.6) is 0 Å². The number of para-hydroxylation sites is 1. The molecule has 0 fully saturated rings. The second-order valence-electron chi connectivity index (χ2n) is 4.53. The fourth-order valence-electron chi connectivity index (χ4n) is 2.28. The van der Waals surface area contributed by atoms with Gasteiger partial charge in [0.25, 0.3) is 0 Å². The first-order valence-electron chi connectivity index (χ1n) is 6.08. The molecule has 5 heteroatoms. The number of hydrogen-bond donors (Lipinski definition) is 0. The molecule has 0 amide bonds. The average molecular weight is 276 g/mol. The van der Waals surface area contributed by atoms with Gasteiger partial charge in [-0.05, 0) is 37.3 Å². The molecule has 1 heterocycles. The lowest BCUT2D eigenvalue weighted by molar-refractivity contribution is -0.137. The summed E-state index contributed by atoms with van der Waals surface area (Å²) < 4.78 is 40.0. The molecule has 0 spiro atoms. The van der Waals surface area contributed by atoms with E-state index in [9.17, 15) is 13.2 Å². The van der Waals surface area contributed by atoms with Crippen LogP contribution in [0.25, 0.3) is 16.7 Å². The summed E-state index contributed by atoms with van der Waals surface area (Å²) in [5, 5.41) is 0. The van der Waals surface area contributed by atoms with Crippen molar-refractivity contribution >= 4 is 11.0 Å². The minimum atomic E-state index is -4.35. The van der Waals surface area contributed by atoms with Crippen molar-refractivity contribution in [3.63, 3.8) is 0 Å². The van der Waals surface area contributed by atoms with Crippen LogP contribution in [0.15, 0.2) is 48.5 Å². The van der Waals surface area contributed by atoms with E-state index in [0.29, 0.717) is 16.9 Å². The highest BCUT2D eigenvalue weighted by molar-refractivity contribution is 5.79. The summed E-state index contributed by atoms with van der Waals surface area (Å²) in [5.41, 5.74) is 1.22. The molecule has 0 radical (unpaired) electrons. The van der Waals surface area contributed by atoms with Crippen molar-refractivity contribution in [3.05, 3.63) is 59.9 Å². The van der Waals surface area contributed by atoms with Gasteiger partial charge in [0.1, 0.15) is 5.82 Å². The van der Waals surface area contributed by atoms with Gasteiger partial charge in [-0.25, -0.2) is 4.98 Å². The number of alkyl halides is 3.